The van der Waals surface area contributed by atoms with Gasteiger partial charge in [0, 0.05) is 44.8 Å². The van der Waals surface area contributed by atoms with Crippen LogP contribution in [0.2, 0.25) is 0 Å². The van der Waals surface area contributed by atoms with Crippen LogP contribution in [-0.2, 0) is 0 Å². The second-order valence-corrected chi connectivity index (χ2v) is 8.35. The number of anilines is 1. The van der Waals surface area contributed by atoms with Crippen molar-refractivity contribution in [3.63, 3.8) is 0 Å². The highest BCUT2D eigenvalue weighted by Crippen LogP contribution is 2.26. The number of piperazine rings is 1. The molecule has 0 bridgehead atoms. The Morgan fingerprint density at radius 1 is 0.969 bits per heavy atom. The lowest BCUT2D eigenvalue weighted by Gasteiger charge is -2.34. The topological polar surface area (TPSA) is 101 Å². The standard InChI is InChI=1S/C23H30N6O3/c30-22(19-14-20(16-25-15-19)32-13-6-18-4-2-1-3-5-18)28-9-11-29(12-10-28)23(31)27-21-17-24-7-8-26-21/h7-8,14-18H,1-6,9-13H2,(H,26,27,31). The van der Waals surface area contributed by atoms with Gasteiger partial charge in [0.2, 0.25) is 0 Å². The van der Waals surface area contributed by atoms with Crippen molar-refractivity contribution in [2.24, 2.45) is 5.92 Å². The molecule has 170 valence electrons. The van der Waals surface area contributed by atoms with E-state index in [9.17, 15) is 9.59 Å². The minimum atomic E-state index is -0.243. The van der Waals surface area contributed by atoms with Crippen molar-refractivity contribution in [3.05, 3.63) is 42.6 Å². The van der Waals surface area contributed by atoms with Gasteiger partial charge in [-0.05, 0) is 18.4 Å². The maximum atomic E-state index is 12.9. The van der Waals surface area contributed by atoms with Crippen molar-refractivity contribution in [1.29, 1.82) is 0 Å². The molecule has 1 saturated heterocycles. The highest BCUT2D eigenvalue weighted by Gasteiger charge is 2.25. The average Bonchev–Trinajstić information content (AvgIpc) is 2.85. The lowest BCUT2D eigenvalue weighted by atomic mass is 9.87. The Morgan fingerprint density at radius 2 is 1.75 bits per heavy atom. The van der Waals surface area contributed by atoms with Crippen molar-refractivity contribution < 1.29 is 14.3 Å². The van der Waals surface area contributed by atoms with Gasteiger partial charge in [-0.15, -0.1) is 0 Å². The molecule has 4 rings (SSSR count). The molecule has 0 radical (unpaired) electrons. The summed E-state index contributed by atoms with van der Waals surface area (Å²) in [6, 6.07) is 1.52. The summed E-state index contributed by atoms with van der Waals surface area (Å²) in [4.78, 5) is 40.9. The van der Waals surface area contributed by atoms with E-state index >= 15 is 0 Å². The molecule has 2 aromatic rings. The number of aromatic nitrogens is 3. The molecule has 1 N–H and O–H groups in total. The predicted molar refractivity (Wildman–Crippen MR) is 119 cm³/mol. The van der Waals surface area contributed by atoms with E-state index in [2.05, 4.69) is 20.3 Å². The molecule has 1 saturated carbocycles. The first-order chi connectivity index (χ1) is 15.7. The van der Waals surface area contributed by atoms with Crippen LogP contribution in [0.5, 0.6) is 5.75 Å². The van der Waals surface area contributed by atoms with Crippen molar-refractivity contribution in [1.82, 2.24) is 24.8 Å². The summed E-state index contributed by atoms with van der Waals surface area (Å²) >= 11 is 0. The molecule has 3 amide bonds. The molecule has 9 heteroatoms. The van der Waals surface area contributed by atoms with Gasteiger partial charge in [-0.25, -0.2) is 9.78 Å². The Morgan fingerprint density at radius 3 is 2.50 bits per heavy atom. The van der Waals surface area contributed by atoms with Gasteiger partial charge in [-0.2, -0.15) is 0 Å². The van der Waals surface area contributed by atoms with Crippen LogP contribution in [0.3, 0.4) is 0 Å². The third kappa shape index (κ3) is 5.93. The van der Waals surface area contributed by atoms with Crippen LogP contribution in [0.4, 0.5) is 10.6 Å². The van der Waals surface area contributed by atoms with Gasteiger partial charge in [0.15, 0.2) is 5.82 Å². The fourth-order valence-corrected chi connectivity index (χ4v) is 4.28. The SMILES string of the molecule is O=C(Nc1cnccn1)N1CCN(C(=O)c2cncc(OCCC3CCCCC3)c2)CC1. The van der Waals surface area contributed by atoms with Crippen LogP contribution in [0.15, 0.2) is 37.1 Å². The summed E-state index contributed by atoms with van der Waals surface area (Å²) in [5.41, 5.74) is 0.512. The molecule has 1 aliphatic heterocycles. The van der Waals surface area contributed by atoms with Gasteiger partial charge in [-0.3, -0.25) is 20.1 Å². The number of carbonyl (C=O) groups excluding carboxylic acids is 2. The van der Waals surface area contributed by atoms with Gasteiger partial charge >= 0.3 is 6.03 Å². The molecule has 0 atom stereocenters. The zero-order chi connectivity index (χ0) is 22.2. The van der Waals surface area contributed by atoms with Crippen molar-refractivity contribution >= 4 is 17.8 Å². The Bertz CT molecular complexity index is 896. The van der Waals surface area contributed by atoms with E-state index in [-0.39, 0.29) is 11.9 Å². The number of nitrogens with one attached hydrogen (secondary N) is 1. The maximum Gasteiger partial charge on any atom is 0.323 e. The summed E-state index contributed by atoms with van der Waals surface area (Å²) in [7, 11) is 0. The zero-order valence-corrected chi connectivity index (χ0v) is 18.3. The molecular weight excluding hydrogens is 408 g/mol. The fourth-order valence-electron chi connectivity index (χ4n) is 4.28. The number of carbonyl (C=O) groups is 2. The fraction of sp³-hybridized carbons (Fsp3) is 0.522. The number of amides is 3. The number of nitrogens with zero attached hydrogens (tertiary/aromatic N) is 5. The summed E-state index contributed by atoms with van der Waals surface area (Å²) in [5, 5.41) is 2.72. The maximum absolute atomic E-state index is 12.9. The lowest BCUT2D eigenvalue weighted by molar-refractivity contribution is 0.0670. The second kappa shape index (κ2) is 10.9. The quantitative estimate of drug-likeness (QED) is 0.743. The average molecular weight is 439 g/mol. The Kier molecular flexibility index (Phi) is 7.47. The molecule has 0 unspecified atom stereocenters. The molecule has 2 aromatic heterocycles. The van der Waals surface area contributed by atoms with Gasteiger partial charge < -0.3 is 14.5 Å². The minimum absolute atomic E-state index is 0.0933. The summed E-state index contributed by atoms with van der Waals surface area (Å²) in [6.07, 6.45) is 15.4. The van der Waals surface area contributed by atoms with Crippen molar-refractivity contribution in [2.45, 2.75) is 38.5 Å². The van der Waals surface area contributed by atoms with Crippen LogP contribution in [0.1, 0.15) is 48.9 Å². The number of pyridine rings is 1. The summed E-state index contributed by atoms with van der Waals surface area (Å²) < 4.78 is 5.89. The van der Waals surface area contributed by atoms with Gasteiger partial charge in [0.05, 0.1) is 24.6 Å². The van der Waals surface area contributed by atoms with Crippen molar-refractivity contribution in [3.8, 4) is 5.75 Å². The lowest BCUT2D eigenvalue weighted by Crippen LogP contribution is -2.51. The second-order valence-electron chi connectivity index (χ2n) is 8.35. The smallest absolute Gasteiger partial charge is 0.323 e. The zero-order valence-electron chi connectivity index (χ0n) is 18.3. The van der Waals surface area contributed by atoms with Crippen LogP contribution in [0, 0.1) is 5.92 Å². The van der Waals surface area contributed by atoms with Crippen LogP contribution in [0.25, 0.3) is 0 Å². The first kappa shape index (κ1) is 22.0. The van der Waals surface area contributed by atoms with E-state index < -0.39 is 0 Å². The third-order valence-electron chi connectivity index (χ3n) is 6.13. The number of hydrogen-bond acceptors (Lipinski definition) is 6. The molecule has 3 heterocycles. The predicted octanol–water partition coefficient (Wildman–Crippen LogP) is 3.21. The first-order valence-electron chi connectivity index (χ1n) is 11.4. The molecule has 32 heavy (non-hydrogen) atoms. The first-order valence-corrected chi connectivity index (χ1v) is 11.4. The highest BCUT2D eigenvalue weighted by atomic mass is 16.5. The van der Waals surface area contributed by atoms with Crippen molar-refractivity contribution in [2.75, 3.05) is 38.1 Å². The molecule has 1 aliphatic carbocycles. The molecule has 0 spiro atoms. The Balaban J connectivity index is 1.24. The van der Waals surface area contributed by atoms with E-state index in [1.807, 2.05) is 0 Å². The third-order valence-corrected chi connectivity index (χ3v) is 6.13. The Hall–Kier alpha value is -3.23. The minimum Gasteiger partial charge on any atom is -0.492 e. The molecular formula is C23H30N6O3. The number of ether oxygens (including phenoxy) is 1. The summed E-state index contributed by atoms with van der Waals surface area (Å²) in [5.74, 6) is 1.70. The number of rotatable bonds is 6. The normalized spacial score (nSPS) is 17.1. The van der Waals surface area contributed by atoms with E-state index in [1.54, 1.807) is 34.5 Å². The number of urea groups is 1. The van der Waals surface area contributed by atoms with Gasteiger partial charge in [-0.1, -0.05) is 32.1 Å². The summed E-state index contributed by atoms with van der Waals surface area (Å²) in [6.45, 7) is 2.47. The molecule has 9 nitrogen and oxygen atoms in total. The highest BCUT2D eigenvalue weighted by molar-refractivity contribution is 5.94. The van der Waals surface area contributed by atoms with Crippen LogP contribution in [-0.4, -0.2) is 69.5 Å². The monoisotopic (exact) mass is 438 g/mol. The number of hydrogen-bond donors (Lipinski definition) is 1. The van der Waals surface area contributed by atoms with Crippen LogP contribution >= 0.6 is 0 Å². The molecule has 0 aromatic carbocycles. The Labute approximate surface area is 188 Å². The van der Waals surface area contributed by atoms with E-state index in [4.69, 9.17) is 4.74 Å². The van der Waals surface area contributed by atoms with Gasteiger partial charge in [0.25, 0.3) is 5.91 Å². The van der Waals surface area contributed by atoms with Crippen LogP contribution < -0.4 is 10.1 Å². The van der Waals surface area contributed by atoms with E-state index in [0.717, 1.165) is 12.3 Å². The van der Waals surface area contributed by atoms with E-state index in [1.165, 1.54) is 44.5 Å². The van der Waals surface area contributed by atoms with E-state index in [0.29, 0.717) is 49.9 Å². The van der Waals surface area contributed by atoms with Gasteiger partial charge in [0.1, 0.15) is 5.75 Å². The molecule has 2 fully saturated rings. The largest absolute Gasteiger partial charge is 0.492 e. The molecule has 2 aliphatic rings.